The summed E-state index contributed by atoms with van der Waals surface area (Å²) >= 11 is 0. The highest BCUT2D eigenvalue weighted by Gasteiger charge is 2.57. The van der Waals surface area contributed by atoms with Crippen LogP contribution < -0.4 is 15.4 Å². The van der Waals surface area contributed by atoms with Crippen molar-refractivity contribution in [2.45, 2.75) is 25.8 Å². The maximum Gasteiger partial charge on any atom is 0.224 e. The van der Waals surface area contributed by atoms with Crippen LogP contribution in [0.4, 0.5) is 0 Å². The number of hydrogen-bond acceptors (Lipinski definition) is 4. The molecular formula is C18H22N4O2. The molecule has 1 aliphatic carbocycles. The summed E-state index contributed by atoms with van der Waals surface area (Å²) in [6, 6.07) is 2.09. The van der Waals surface area contributed by atoms with E-state index < -0.39 is 5.54 Å². The number of aromatic nitrogens is 2. The van der Waals surface area contributed by atoms with Gasteiger partial charge in [-0.15, -0.1) is 0 Å². The van der Waals surface area contributed by atoms with E-state index in [1.54, 1.807) is 0 Å². The van der Waals surface area contributed by atoms with Crippen molar-refractivity contribution in [3.05, 3.63) is 29.8 Å². The molecule has 0 bridgehead atoms. The Kier molecular flexibility index (Phi) is 2.81. The molecule has 2 aromatic heterocycles. The van der Waals surface area contributed by atoms with Crippen LogP contribution in [0.15, 0.2) is 18.5 Å². The highest BCUT2D eigenvalue weighted by molar-refractivity contribution is 5.83. The molecule has 6 nitrogen and oxygen atoms in total. The normalized spacial score (nSPS) is 27.7. The van der Waals surface area contributed by atoms with E-state index in [1.165, 1.54) is 5.56 Å². The minimum absolute atomic E-state index is 0.158. The molecule has 4 heterocycles. The molecule has 1 amide bonds. The van der Waals surface area contributed by atoms with Crippen LogP contribution in [0.3, 0.4) is 0 Å². The van der Waals surface area contributed by atoms with Crippen molar-refractivity contribution in [1.29, 1.82) is 0 Å². The zero-order valence-corrected chi connectivity index (χ0v) is 14.0. The number of piperidine rings is 1. The number of nitrogens with one attached hydrogen (secondary N) is 2. The fourth-order valence-corrected chi connectivity index (χ4v) is 4.43. The number of carbonyl (C=O) groups is 1. The average molecular weight is 326 g/mol. The van der Waals surface area contributed by atoms with Gasteiger partial charge in [-0.2, -0.15) is 0 Å². The van der Waals surface area contributed by atoms with Gasteiger partial charge in [0.15, 0.2) is 0 Å². The second kappa shape index (κ2) is 4.72. The molecule has 2 unspecified atom stereocenters. The summed E-state index contributed by atoms with van der Waals surface area (Å²) in [7, 11) is 0. The van der Waals surface area contributed by atoms with Gasteiger partial charge in [-0.3, -0.25) is 9.20 Å². The van der Waals surface area contributed by atoms with Gasteiger partial charge in [0.1, 0.15) is 17.1 Å². The molecule has 126 valence electrons. The second-order valence-electron chi connectivity index (χ2n) is 7.73. The predicted molar refractivity (Wildman–Crippen MR) is 88.9 cm³/mol. The molecule has 2 fully saturated rings. The molecule has 0 aromatic carbocycles. The molecule has 6 heteroatoms. The van der Waals surface area contributed by atoms with Crippen molar-refractivity contribution < 1.29 is 9.53 Å². The van der Waals surface area contributed by atoms with Crippen LogP contribution in [0.5, 0.6) is 5.75 Å². The molecule has 0 spiro atoms. The van der Waals surface area contributed by atoms with E-state index in [0.717, 1.165) is 43.2 Å². The van der Waals surface area contributed by atoms with Crippen LogP contribution in [0.1, 0.15) is 25.2 Å². The number of rotatable bonds is 3. The molecule has 2 aliphatic heterocycles. The van der Waals surface area contributed by atoms with Gasteiger partial charge < -0.3 is 15.4 Å². The topological polar surface area (TPSA) is 67.7 Å². The lowest BCUT2D eigenvalue weighted by molar-refractivity contribution is -0.124. The first-order chi connectivity index (χ1) is 11.6. The maximum atomic E-state index is 12.7. The third-order valence-electron chi connectivity index (χ3n) is 5.75. The lowest BCUT2D eigenvalue weighted by Gasteiger charge is -2.26. The molecule has 5 rings (SSSR count). The molecule has 2 N–H and O–H groups in total. The van der Waals surface area contributed by atoms with Gasteiger partial charge in [0.2, 0.25) is 5.91 Å². The van der Waals surface area contributed by atoms with Gasteiger partial charge >= 0.3 is 0 Å². The van der Waals surface area contributed by atoms with Gasteiger partial charge in [-0.1, -0.05) is 0 Å². The summed E-state index contributed by atoms with van der Waals surface area (Å²) in [6.07, 6.45) is 4.84. The SMILES string of the molecule is CC(C)(NC(=O)C1C2CNCC21)c1ncc2c3c(ccn12)CCO3. The summed E-state index contributed by atoms with van der Waals surface area (Å²) < 4.78 is 7.80. The Morgan fingerprint density at radius 3 is 3.00 bits per heavy atom. The second-order valence-corrected chi connectivity index (χ2v) is 7.73. The van der Waals surface area contributed by atoms with Gasteiger partial charge in [-0.05, 0) is 44.8 Å². The number of hydrogen-bond donors (Lipinski definition) is 2. The van der Waals surface area contributed by atoms with E-state index in [0.29, 0.717) is 11.8 Å². The van der Waals surface area contributed by atoms with E-state index in [4.69, 9.17) is 4.74 Å². The van der Waals surface area contributed by atoms with Crippen LogP contribution in [-0.2, 0) is 16.8 Å². The third kappa shape index (κ3) is 1.92. The number of imidazole rings is 1. The van der Waals surface area contributed by atoms with Crippen LogP contribution >= 0.6 is 0 Å². The molecule has 2 aromatic rings. The smallest absolute Gasteiger partial charge is 0.224 e. The minimum atomic E-state index is -0.527. The molecule has 3 aliphatic rings. The van der Waals surface area contributed by atoms with Crippen molar-refractivity contribution in [2.24, 2.45) is 17.8 Å². The summed E-state index contributed by atoms with van der Waals surface area (Å²) in [6.45, 7) is 6.71. The molecule has 0 radical (unpaired) electrons. The van der Waals surface area contributed by atoms with Crippen molar-refractivity contribution in [1.82, 2.24) is 20.0 Å². The van der Waals surface area contributed by atoms with E-state index in [9.17, 15) is 4.79 Å². The zero-order chi connectivity index (χ0) is 16.5. The van der Waals surface area contributed by atoms with Crippen molar-refractivity contribution >= 4 is 11.4 Å². The largest absolute Gasteiger partial charge is 0.491 e. The van der Waals surface area contributed by atoms with Crippen molar-refractivity contribution in [3.63, 3.8) is 0 Å². The van der Waals surface area contributed by atoms with Gasteiger partial charge in [0.25, 0.3) is 0 Å². The van der Waals surface area contributed by atoms with E-state index in [1.807, 2.05) is 30.6 Å². The fraction of sp³-hybridized carbons (Fsp3) is 0.556. The average Bonchev–Trinajstić information content (AvgIpc) is 3.03. The molecule has 1 saturated carbocycles. The van der Waals surface area contributed by atoms with Gasteiger partial charge in [0.05, 0.1) is 18.3 Å². The molecule has 1 saturated heterocycles. The number of fused-ring (bicyclic) bond motifs is 4. The van der Waals surface area contributed by atoms with E-state index in [2.05, 4.69) is 21.7 Å². The predicted octanol–water partition coefficient (Wildman–Crippen LogP) is 1.09. The van der Waals surface area contributed by atoms with Crippen LogP contribution in [0.2, 0.25) is 0 Å². The van der Waals surface area contributed by atoms with E-state index >= 15 is 0 Å². The number of amides is 1. The Bertz CT molecular complexity index is 831. The Balaban J connectivity index is 1.44. The Morgan fingerprint density at radius 1 is 1.42 bits per heavy atom. The third-order valence-corrected chi connectivity index (χ3v) is 5.75. The summed E-state index contributed by atoms with van der Waals surface area (Å²) in [5.74, 6) is 3.15. The zero-order valence-electron chi connectivity index (χ0n) is 14.0. The van der Waals surface area contributed by atoms with Crippen molar-refractivity contribution in [3.8, 4) is 5.75 Å². The van der Waals surface area contributed by atoms with E-state index in [-0.39, 0.29) is 11.8 Å². The standard InChI is InChI=1S/C18H22N4O2/c1-18(2,21-16(23)14-11-7-19-8-12(11)14)17-20-9-13-15-10(4-6-24-15)3-5-22(13)17/h3,5,9,11-12,14,19H,4,6-8H2,1-2H3,(H,21,23). The van der Waals surface area contributed by atoms with Gasteiger partial charge in [-0.25, -0.2) is 4.98 Å². The Hall–Kier alpha value is -2.08. The van der Waals surface area contributed by atoms with Crippen LogP contribution in [0.25, 0.3) is 5.52 Å². The summed E-state index contributed by atoms with van der Waals surface area (Å²) in [5, 5.41) is 6.55. The lowest BCUT2D eigenvalue weighted by atomic mass is 10.0. The van der Waals surface area contributed by atoms with Crippen LogP contribution in [0, 0.1) is 17.8 Å². The molecule has 24 heavy (non-hydrogen) atoms. The number of ether oxygens (including phenoxy) is 1. The monoisotopic (exact) mass is 326 g/mol. The number of nitrogens with zero attached hydrogens (tertiary/aromatic N) is 2. The first-order valence-electron chi connectivity index (χ1n) is 8.71. The minimum Gasteiger partial charge on any atom is -0.491 e. The number of carbonyl (C=O) groups excluding carboxylic acids is 1. The number of pyridine rings is 1. The van der Waals surface area contributed by atoms with Crippen molar-refractivity contribution in [2.75, 3.05) is 19.7 Å². The highest BCUT2D eigenvalue weighted by Crippen LogP contribution is 2.49. The quantitative estimate of drug-likeness (QED) is 0.886. The first kappa shape index (κ1) is 14.3. The summed E-state index contributed by atoms with van der Waals surface area (Å²) in [4.78, 5) is 17.3. The molecular weight excluding hydrogens is 304 g/mol. The fourth-order valence-electron chi connectivity index (χ4n) is 4.43. The Labute approximate surface area is 140 Å². The highest BCUT2D eigenvalue weighted by atomic mass is 16.5. The van der Waals surface area contributed by atoms with Gasteiger partial charge in [0, 0.05) is 24.1 Å². The lowest BCUT2D eigenvalue weighted by Crippen LogP contribution is -2.44. The molecule has 2 atom stereocenters. The maximum absolute atomic E-state index is 12.7. The van der Waals surface area contributed by atoms with Crippen LogP contribution in [-0.4, -0.2) is 35.0 Å². The summed E-state index contributed by atoms with van der Waals surface area (Å²) in [5.41, 5.74) is 1.68. The first-order valence-corrected chi connectivity index (χ1v) is 8.71. The Morgan fingerprint density at radius 2 is 2.21 bits per heavy atom.